The molecule has 0 saturated heterocycles. The number of hydrogen-bond donors (Lipinski definition) is 1. The molecule has 4 rings (SSSR count). The number of hydrogen-bond acceptors (Lipinski definition) is 3. The summed E-state index contributed by atoms with van der Waals surface area (Å²) < 4.78 is 45.5. The Balaban J connectivity index is 1.97. The molecule has 0 spiro atoms. The largest absolute Gasteiger partial charge is 0.511 e. The van der Waals surface area contributed by atoms with Gasteiger partial charge < -0.3 is 9.84 Å². The van der Waals surface area contributed by atoms with E-state index in [-0.39, 0.29) is 23.7 Å². The lowest BCUT2D eigenvalue weighted by atomic mass is 9.95. The lowest BCUT2D eigenvalue weighted by molar-refractivity contribution is -0.138. The maximum absolute atomic E-state index is 13.5. The molecule has 1 N–H and O–H groups in total. The van der Waals surface area contributed by atoms with Gasteiger partial charge in [0.1, 0.15) is 0 Å². The predicted octanol–water partition coefficient (Wildman–Crippen LogP) is 6.43. The third kappa shape index (κ3) is 4.00. The molecule has 4 nitrogen and oxygen atoms in total. The van der Waals surface area contributed by atoms with E-state index in [2.05, 4.69) is 4.98 Å². The molecule has 150 valence electrons. The normalized spacial score (nSPS) is 14.2. The Hall–Kier alpha value is -2.80. The van der Waals surface area contributed by atoms with Crippen molar-refractivity contribution in [1.29, 1.82) is 0 Å². The molecule has 1 aliphatic carbocycles. The van der Waals surface area contributed by atoms with Gasteiger partial charge in [0, 0.05) is 28.3 Å². The molecule has 1 aliphatic rings. The van der Waals surface area contributed by atoms with Crippen LogP contribution in [0, 0.1) is 0 Å². The van der Waals surface area contributed by atoms with Crippen molar-refractivity contribution in [3.8, 4) is 5.75 Å². The number of nitrogens with zero attached hydrogens (tertiary/aromatic N) is 1. The molecular weight excluding hydrogens is 407 g/mol. The highest BCUT2D eigenvalue weighted by Gasteiger charge is 2.35. The van der Waals surface area contributed by atoms with Crippen LogP contribution in [-0.2, 0) is 12.6 Å². The summed E-state index contributed by atoms with van der Waals surface area (Å²) in [6.07, 6.45) is -4.61. The molecule has 3 aromatic rings. The minimum atomic E-state index is -4.54. The zero-order valence-corrected chi connectivity index (χ0v) is 15.7. The number of halogens is 4. The van der Waals surface area contributed by atoms with E-state index in [0.717, 1.165) is 18.9 Å². The van der Waals surface area contributed by atoms with Gasteiger partial charge in [-0.05, 0) is 42.7 Å². The van der Waals surface area contributed by atoms with Crippen molar-refractivity contribution in [1.82, 2.24) is 4.98 Å². The Morgan fingerprint density at radius 3 is 2.59 bits per heavy atom. The highest BCUT2D eigenvalue weighted by molar-refractivity contribution is 6.31. The monoisotopic (exact) mass is 421 g/mol. The Morgan fingerprint density at radius 1 is 1.21 bits per heavy atom. The molecule has 1 aromatic heterocycles. The third-order valence-corrected chi connectivity index (χ3v) is 5.11. The number of aromatic nitrogens is 1. The Labute approximate surface area is 168 Å². The summed E-state index contributed by atoms with van der Waals surface area (Å²) in [6.45, 7) is 0. The molecule has 0 aliphatic heterocycles. The van der Waals surface area contributed by atoms with E-state index in [4.69, 9.17) is 16.3 Å². The molecule has 0 radical (unpaired) electrons. The van der Waals surface area contributed by atoms with Crippen LogP contribution >= 0.6 is 11.6 Å². The van der Waals surface area contributed by atoms with Gasteiger partial charge in [-0.3, -0.25) is 0 Å². The summed E-state index contributed by atoms with van der Waals surface area (Å²) in [5.41, 5.74) is 0.569. The smallest absolute Gasteiger partial charge is 0.449 e. The standard InChI is InChI=1S/C21H15ClF3NO3/c22-13-7-8-17-14(10-13)15(9-12-3-1-2-4-16(12)21(23,24)25)19(29-20(27)28)18(26-17)11-5-6-11/h1-4,7-8,10-11H,5-6,9H2,(H,27,28). The average molecular weight is 422 g/mol. The van der Waals surface area contributed by atoms with Crippen LogP contribution in [0.3, 0.4) is 0 Å². The number of rotatable bonds is 4. The van der Waals surface area contributed by atoms with E-state index in [1.165, 1.54) is 18.2 Å². The summed E-state index contributed by atoms with van der Waals surface area (Å²) in [6, 6.07) is 10.1. The highest BCUT2D eigenvalue weighted by atomic mass is 35.5. The van der Waals surface area contributed by atoms with Crippen molar-refractivity contribution in [3.05, 3.63) is 69.9 Å². The Kier molecular flexibility index (Phi) is 4.86. The van der Waals surface area contributed by atoms with E-state index in [9.17, 15) is 23.1 Å². The van der Waals surface area contributed by atoms with Crippen molar-refractivity contribution in [2.75, 3.05) is 0 Å². The fourth-order valence-electron chi connectivity index (χ4n) is 3.46. The van der Waals surface area contributed by atoms with E-state index in [0.29, 0.717) is 27.2 Å². The molecule has 2 aromatic carbocycles. The van der Waals surface area contributed by atoms with Crippen molar-refractivity contribution in [3.63, 3.8) is 0 Å². The second kappa shape index (κ2) is 7.22. The number of benzene rings is 2. The van der Waals surface area contributed by atoms with Gasteiger partial charge >= 0.3 is 12.3 Å². The van der Waals surface area contributed by atoms with E-state index in [1.807, 2.05) is 0 Å². The summed E-state index contributed by atoms with van der Waals surface area (Å²) in [5.74, 6) is 0.0350. The first-order chi connectivity index (χ1) is 13.7. The zero-order chi connectivity index (χ0) is 20.8. The minimum absolute atomic E-state index is 0.00624. The number of fused-ring (bicyclic) bond motifs is 1. The fraction of sp³-hybridized carbons (Fsp3) is 0.238. The van der Waals surface area contributed by atoms with Crippen LogP contribution < -0.4 is 4.74 Å². The van der Waals surface area contributed by atoms with Gasteiger partial charge in [0.05, 0.1) is 16.8 Å². The molecular formula is C21H15ClF3NO3. The van der Waals surface area contributed by atoms with E-state index < -0.39 is 17.9 Å². The van der Waals surface area contributed by atoms with Crippen molar-refractivity contribution >= 4 is 28.7 Å². The first kappa shape index (κ1) is 19.5. The van der Waals surface area contributed by atoms with Crippen LogP contribution in [0.15, 0.2) is 42.5 Å². The molecule has 8 heteroatoms. The van der Waals surface area contributed by atoms with Crippen LogP contribution in [-0.4, -0.2) is 16.2 Å². The van der Waals surface area contributed by atoms with Crippen LogP contribution in [0.1, 0.15) is 41.1 Å². The highest BCUT2D eigenvalue weighted by Crippen LogP contribution is 2.47. The number of carboxylic acid groups (broad SMARTS) is 1. The number of carbonyl (C=O) groups is 1. The molecule has 1 fully saturated rings. The molecule has 0 amide bonds. The molecule has 1 heterocycles. The maximum Gasteiger partial charge on any atom is 0.511 e. The van der Waals surface area contributed by atoms with Gasteiger partial charge in [-0.2, -0.15) is 13.2 Å². The molecule has 1 saturated carbocycles. The summed E-state index contributed by atoms with van der Waals surface area (Å²) >= 11 is 6.11. The maximum atomic E-state index is 13.5. The average Bonchev–Trinajstić information content (AvgIpc) is 3.48. The van der Waals surface area contributed by atoms with Crippen LogP contribution in [0.5, 0.6) is 5.75 Å². The number of ether oxygens (including phenoxy) is 1. The van der Waals surface area contributed by atoms with Crippen LogP contribution in [0.25, 0.3) is 10.9 Å². The SMILES string of the molecule is O=C(O)Oc1c(C2CC2)nc2ccc(Cl)cc2c1Cc1ccccc1C(F)(F)F. The molecule has 0 atom stereocenters. The van der Waals surface area contributed by atoms with Gasteiger partial charge in [0.2, 0.25) is 0 Å². The minimum Gasteiger partial charge on any atom is -0.449 e. The third-order valence-electron chi connectivity index (χ3n) is 4.87. The first-order valence-corrected chi connectivity index (χ1v) is 9.29. The van der Waals surface area contributed by atoms with Crippen molar-refractivity contribution in [2.24, 2.45) is 0 Å². The summed E-state index contributed by atoms with van der Waals surface area (Å²) in [4.78, 5) is 15.9. The summed E-state index contributed by atoms with van der Waals surface area (Å²) in [5, 5.41) is 10.1. The quantitative estimate of drug-likeness (QED) is 0.493. The van der Waals surface area contributed by atoms with Crippen LogP contribution in [0.4, 0.5) is 18.0 Å². The molecule has 0 bridgehead atoms. The Bertz CT molecular complexity index is 1110. The van der Waals surface area contributed by atoms with Crippen molar-refractivity contribution in [2.45, 2.75) is 31.4 Å². The summed E-state index contributed by atoms with van der Waals surface area (Å²) in [7, 11) is 0. The lowest BCUT2D eigenvalue weighted by Gasteiger charge is -2.18. The molecule has 29 heavy (non-hydrogen) atoms. The van der Waals surface area contributed by atoms with Gasteiger partial charge in [0.15, 0.2) is 5.75 Å². The van der Waals surface area contributed by atoms with Gasteiger partial charge in [-0.15, -0.1) is 0 Å². The van der Waals surface area contributed by atoms with Gasteiger partial charge in [0.25, 0.3) is 0 Å². The Morgan fingerprint density at radius 2 is 1.93 bits per heavy atom. The number of pyridine rings is 1. The lowest BCUT2D eigenvalue weighted by Crippen LogP contribution is -2.12. The zero-order valence-electron chi connectivity index (χ0n) is 15.0. The molecule has 0 unspecified atom stereocenters. The first-order valence-electron chi connectivity index (χ1n) is 8.92. The second-order valence-electron chi connectivity index (χ2n) is 6.94. The van der Waals surface area contributed by atoms with Crippen LogP contribution in [0.2, 0.25) is 5.02 Å². The van der Waals surface area contributed by atoms with E-state index >= 15 is 0 Å². The predicted molar refractivity (Wildman–Crippen MR) is 102 cm³/mol. The topological polar surface area (TPSA) is 59.4 Å². The second-order valence-corrected chi connectivity index (χ2v) is 7.38. The fourth-order valence-corrected chi connectivity index (χ4v) is 3.63. The van der Waals surface area contributed by atoms with Gasteiger partial charge in [-0.25, -0.2) is 9.78 Å². The number of alkyl halides is 3. The van der Waals surface area contributed by atoms with Gasteiger partial charge in [-0.1, -0.05) is 29.8 Å². The van der Waals surface area contributed by atoms with E-state index in [1.54, 1.807) is 18.2 Å². The van der Waals surface area contributed by atoms with Crippen molar-refractivity contribution < 1.29 is 27.8 Å².